The van der Waals surface area contributed by atoms with Gasteiger partial charge in [-0.1, -0.05) is 145 Å². The highest BCUT2D eigenvalue weighted by Gasteiger charge is 2.53. The number of anilines is 6. The molecule has 0 fully saturated rings. The number of hydrogen-bond acceptors (Lipinski definition) is 4. The Morgan fingerprint density at radius 2 is 0.877 bits per heavy atom. The van der Waals surface area contributed by atoms with Gasteiger partial charge >= 0.3 is 7.12 Å². The fourth-order valence-corrected chi connectivity index (χ4v) is 15.5. The Kier molecular flexibility index (Phi) is 8.29. The van der Waals surface area contributed by atoms with E-state index in [1.807, 2.05) is 12.1 Å². The summed E-state index contributed by atoms with van der Waals surface area (Å²) in [4.78, 5) is 12.8. The first-order valence-electron chi connectivity index (χ1n) is 22.0. The van der Waals surface area contributed by atoms with Crippen LogP contribution in [0.5, 0.6) is 0 Å². The van der Waals surface area contributed by atoms with Crippen LogP contribution >= 0.6 is 0 Å². The Hall–Kier alpha value is -8.51. The summed E-state index contributed by atoms with van der Waals surface area (Å²) in [5.41, 5.74) is 12.9. The summed E-state index contributed by atoms with van der Waals surface area (Å²) in [5.74, 6) is 3.68. The topological polar surface area (TPSA) is 32.0 Å². The van der Waals surface area contributed by atoms with Crippen molar-refractivity contribution in [3.05, 3.63) is 236 Å². The van der Waals surface area contributed by atoms with Crippen molar-refractivity contribution in [3.8, 4) is 18.0 Å². The second-order valence-electron chi connectivity index (χ2n) is 16.8. The summed E-state index contributed by atoms with van der Waals surface area (Å²) in [6, 6.07) is 84.1. The molecule has 0 aliphatic carbocycles. The second kappa shape index (κ2) is 14.5. The van der Waals surface area contributed by atoms with Crippen molar-refractivity contribution in [2.24, 2.45) is 0 Å². The van der Waals surface area contributed by atoms with Gasteiger partial charge in [-0.3, -0.25) is 8.97 Å². The number of imidazole rings is 2. The monoisotopic (exact) mass is 846 g/mol. The zero-order valence-corrected chi connectivity index (χ0v) is 36.3. The number of fused-ring (bicyclic) bond motifs is 10. The van der Waals surface area contributed by atoms with Crippen LogP contribution in [0.2, 0.25) is 0 Å². The Morgan fingerprint density at radius 3 is 1.49 bits per heavy atom. The van der Waals surface area contributed by atoms with Gasteiger partial charge in [0.1, 0.15) is 0 Å². The van der Waals surface area contributed by atoms with Crippen molar-refractivity contribution < 1.29 is 0 Å². The first-order valence-corrected chi connectivity index (χ1v) is 24.0. The molecule has 13 rings (SSSR count). The van der Waals surface area contributed by atoms with E-state index in [2.05, 4.69) is 248 Å². The first kappa shape index (κ1) is 37.1. The number of hydrogen-bond donors (Lipinski definition) is 0. The van der Waals surface area contributed by atoms with Gasteiger partial charge in [0.15, 0.2) is 8.07 Å². The Labute approximate surface area is 378 Å². The molecule has 0 bridgehead atoms. The molecule has 65 heavy (non-hydrogen) atoms. The summed E-state index contributed by atoms with van der Waals surface area (Å²) in [6.45, 7) is 0. The molecule has 2 aliphatic rings. The standard InChI is InChI=1S/C57H39BN6Si/c1-2-41-36-37-49-56(38-41)61-51-31-13-12-30-50(51)60(57(61)59-49)43-22-18-28-47(39-43)65(45-24-8-4-9-25-45,46-26-10-5-11-27-46)48-29-19-23-44(40-48)63-53-33-15-17-35-55(53)64-54-34-16-14-32-52(54)62(58(63)64)42-20-6-3-7-21-42/h1,3-40H. The Morgan fingerprint density at radius 1 is 0.400 bits per heavy atom. The van der Waals surface area contributed by atoms with Crippen molar-refractivity contribution in [3.63, 3.8) is 0 Å². The molecule has 0 N–H and O–H groups in total. The largest absolute Gasteiger partial charge is 0.519 e. The van der Waals surface area contributed by atoms with Gasteiger partial charge in [0.25, 0.3) is 0 Å². The van der Waals surface area contributed by atoms with E-state index in [1.165, 1.54) is 43.5 Å². The summed E-state index contributed by atoms with van der Waals surface area (Å²) < 4.78 is 4.56. The molecule has 0 spiro atoms. The predicted molar refractivity (Wildman–Crippen MR) is 273 cm³/mol. The average Bonchev–Trinajstić information content (AvgIpc) is 4.11. The van der Waals surface area contributed by atoms with E-state index in [4.69, 9.17) is 11.4 Å². The minimum atomic E-state index is -3.09. The normalized spacial score (nSPS) is 13.1. The highest BCUT2D eigenvalue weighted by atomic mass is 28.3. The predicted octanol–water partition coefficient (Wildman–Crippen LogP) is 10.2. The smallest absolute Gasteiger partial charge is 0.344 e. The van der Waals surface area contributed by atoms with E-state index in [9.17, 15) is 0 Å². The molecule has 4 heterocycles. The van der Waals surface area contributed by atoms with Gasteiger partial charge in [0.05, 0.1) is 44.8 Å². The van der Waals surface area contributed by atoms with Crippen molar-refractivity contribution in [2.45, 2.75) is 0 Å². The maximum Gasteiger partial charge on any atom is 0.519 e. The molecule has 0 amide bonds. The van der Waals surface area contributed by atoms with E-state index >= 15 is 0 Å². The first-order chi connectivity index (χ1) is 32.2. The molecule has 11 aromatic rings. The van der Waals surface area contributed by atoms with Gasteiger partial charge in [-0.05, 0) is 112 Å². The maximum absolute atomic E-state index is 5.91. The number of rotatable bonds is 7. The van der Waals surface area contributed by atoms with E-state index in [0.717, 1.165) is 50.5 Å². The molecule has 6 nitrogen and oxygen atoms in total. The molecular formula is C57H39BN6Si. The highest BCUT2D eigenvalue weighted by Crippen LogP contribution is 2.55. The molecule has 9 aromatic carbocycles. The van der Waals surface area contributed by atoms with Crippen LogP contribution in [0, 0.1) is 12.3 Å². The van der Waals surface area contributed by atoms with Gasteiger partial charge < -0.3 is 14.4 Å². The summed E-state index contributed by atoms with van der Waals surface area (Å²) in [5, 5.41) is 5.17. The number of benzene rings is 9. The Balaban J connectivity index is 1.06. The third kappa shape index (κ3) is 5.40. The molecule has 0 saturated heterocycles. The summed E-state index contributed by atoms with van der Waals surface area (Å²) >= 11 is 0. The van der Waals surface area contributed by atoms with Crippen molar-refractivity contribution in [1.29, 1.82) is 0 Å². The fourth-order valence-electron chi connectivity index (χ4n) is 10.7. The number of para-hydroxylation sites is 7. The molecule has 0 atom stereocenters. The molecule has 304 valence electrons. The van der Waals surface area contributed by atoms with Crippen LogP contribution in [-0.2, 0) is 0 Å². The second-order valence-corrected chi connectivity index (χ2v) is 20.6. The van der Waals surface area contributed by atoms with Crippen LogP contribution in [0.15, 0.2) is 231 Å². The van der Waals surface area contributed by atoms with Crippen LogP contribution in [0.1, 0.15) is 5.56 Å². The molecule has 0 radical (unpaired) electrons. The van der Waals surface area contributed by atoms with Crippen molar-refractivity contribution in [2.75, 3.05) is 14.4 Å². The molecular weight excluding hydrogens is 808 g/mol. The van der Waals surface area contributed by atoms with Gasteiger partial charge in [0, 0.05) is 22.6 Å². The van der Waals surface area contributed by atoms with Crippen LogP contribution in [0.25, 0.3) is 33.5 Å². The quantitative estimate of drug-likeness (QED) is 0.0909. The molecule has 0 unspecified atom stereocenters. The third-order valence-corrected chi connectivity index (χ3v) is 18.2. The Bertz CT molecular complexity index is 3620. The van der Waals surface area contributed by atoms with Gasteiger partial charge in [-0.15, -0.1) is 6.42 Å². The van der Waals surface area contributed by atoms with Gasteiger partial charge in [-0.25, -0.2) is 4.98 Å². The van der Waals surface area contributed by atoms with Crippen molar-refractivity contribution >= 4 is 97.9 Å². The minimum absolute atomic E-state index is 0.165. The number of terminal acetylenes is 1. The highest BCUT2D eigenvalue weighted by molar-refractivity contribution is 7.20. The zero-order valence-electron chi connectivity index (χ0n) is 35.3. The van der Waals surface area contributed by atoms with Crippen LogP contribution in [0.4, 0.5) is 34.1 Å². The molecule has 0 saturated carbocycles. The van der Waals surface area contributed by atoms with Gasteiger partial charge in [0.2, 0.25) is 5.78 Å². The summed E-state index contributed by atoms with van der Waals surface area (Å²) in [6.07, 6.45) is 5.91. The van der Waals surface area contributed by atoms with E-state index in [-0.39, 0.29) is 7.12 Å². The minimum Gasteiger partial charge on any atom is -0.344 e. The van der Waals surface area contributed by atoms with Crippen LogP contribution in [-0.4, -0.2) is 29.1 Å². The lowest BCUT2D eigenvalue weighted by Crippen LogP contribution is -2.74. The van der Waals surface area contributed by atoms with Crippen LogP contribution < -0.4 is 35.2 Å². The fraction of sp³-hybridized carbons (Fsp3) is 0. The maximum atomic E-state index is 5.91. The third-order valence-electron chi connectivity index (χ3n) is 13.4. The van der Waals surface area contributed by atoms with Crippen LogP contribution in [0.3, 0.4) is 0 Å². The van der Waals surface area contributed by atoms with E-state index < -0.39 is 8.07 Å². The molecule has 2 aliphatic heterocycles. The number of nitrogens with zero attached hydrogens (tertiary/aromatic N) is 6. The van der Waals surface area contributed by atoms with Crippen molar-refractivity contribution in [1.82, 2.24) is 14.0 Å². The lowest BCUT2D eigenvalue weighted by molar-refractivity contribution is 1.11. The average molecular weight is 847 g/mol. The molecule has 2 aromatic heterocycles. The SMILES string of the molecule is C#Cc1ccc2nc3n(-c4cccc([Si](c5ccccc5)(c5ccccc5)c5cccc(N6B7N(c8ccccc8)c8ccccc8N7c7ccccc76)c5)c4)c4ccccc4n3c2c1. The van der Waals surface area contributed by atoms with E-state index in [0.29, 0.717) is 0 Å². The van der Waals surface area contributed by atoms with Gasteiger partial charge in [-0.2, -0.15) is 0 Å². The zero-order chi connectivity index (χ0) is 43.1. The summed E-state index contributed by atoms with van der Waals surface area (Å²) in [7, 11) is -3.26. The lowest BCUT2D eigenvalue weighted by Gasteiger charge is -2.36. The lowest BCUT2D eigenvalue weighted by atomic mass is 9.86. The number of aromatic nitrogens is 3. The van der Waals surface area contributed by atoms with E-state index in [1.54, 1.807) is 0 Å². The molecule has 8 heteroatoms.